The zero-order valence-corrected chi connectivity index (χ0v) is 10.1. The van der Waals surface area contributed by atoms with Crippen molar-refractivity contribution < 1.29 is 0 Å². The maximum absolute atomic E-state index is 4.19. The molecule has 1 heterocycles. The molecule has 2 heteroatoms. The predicted molar refractivity (Wildman–Crippen MR) is 68.2 cm³/mol. The second kappa shape index (κ2) is 6.72. The Labute approximate surface area is 97.4 Å². The molecule has 0 spiro atoms. The molecule has 2 rings (SSSR count). The standard InChI is InChI=1S/C12H12N2.C2H6/c1-2-10-3-5-11(6-4-10)12-7-8-13-9-14-12;1-2/h3-9H,2H2,1H3;1-2H3. The Balaban J connectivity index is 0.000000606. The van der Waals surface area contributed by atoms with E-state index in [0.717, 1.165) is 17.7 Å². The molecular formula is C14H18N2. The van der Waals surface area contributed by atoms with Crippen molar-refractivity contribution >= 4 is 0 Å². The van der Waals surface area contributed by atoms with Gasteiger partial charge in [0, 0.05) is 11.8 Å². The van der Waals surface area contributed by atoms with Gasteiger partial charge < -0.3 is 0 Å². The van der Waals surface area contributed by atoms with Gasteiger partial charge in [-0.05, 0) is 18.1 Å². The molecule has 0 saturated carbocycles. The van der Waals surface area contributed by atoms with E-state index in [1.54, 1.807) is 12.5 Å². The van der Waals surface area contributed by atoms with Crippen LogP contribution in [0.3, 0.4) is 0 Å². The first-order valence-corrected chi connectivity index (χ1v) is 5.75. The number of aromatic nitrogens is 2. The summed E-state index contributed by atoms with van der Waals surface area (Å²) < 4.78 is 0. The molecule has 2 nitrogen and oxygen atoms in total. The summed E-state index contributed by atoms with van der Waals surface area (Å²) in [6.45, 7) is 6.15. The third-order valence-electron chi connectivity index (χ3n) is 2.24. The molecule has 16 heavy (non-hydrogen) atoms. The summed E-state index contributed by atoms with van der Waals surface area (Å²) in [5.74, 6) is 0. The molecule has 1 aromatic carbocycles. The summed E-state index contributed by atoms with van der Waals surface area (Å²) in [4.78, 5) is 8.09. The van der Waals surface area contributed by atoms with Gasteiger partial charge in [-0.2, -0.15) is 0 Å². The summed E-state index contributed by atoms with van der Waals surface area (Å²) in [6.07, 6.45) is 4.41. The minimum Gasteiger partial charge on any atom is -0.245 e. The maximum atomic E-state index is 4.19. The van der Waals surface area contributed by atoms with Gasteiger partial charge in [0.25, 0.3) is 0 Å². The summed E-state index contributed by atoms with van der Waals surface area (Å²) in [5.41, 5.74) is 3.47. The summed E-state index contributed by atoms with van der Waals surface area (Å²) >= 11 is 0. The average molecular weight is 214 g/mol. The topological polar surface area (TPSA) is 25.8 Å². The third kappa shape index (κ3) is 3.16. The summed E-state index contributed by atoms with van der Waals surface area (Å²) in [6, 6.07) is 10.4. The van der Waals surface area contributed by atoms with Gasteiger partial charge in [0.05, 0.1) is 5.69 Å². The van der Waals surface area contributed by atoms with E-state index in [4.69, 9.17) is 0 Å². The first kappa shape index (κ1) is 12.4. The van der Waals surface area contributed by atoms with E-state index in [9.17, 15) is 0 Å². The Morgan fingerprint density at radius 1 is 1.00 bits per heavy atom. The Hall–Kier alpha value is -1.70. The van der Waals surface area contributed by atoms with Crippen LogP contribution in [0.1, 0.15) is 26.3 Å². The monoisotopic (exact) mass is 214 g/mol. The zero-order valence-electron chi connectivity index (χ0n) is 10.1. The number of hydrogen-bond acceptors (Lipinski definition) is 2. The SMILES string of the molecule is CC.CCc1ccc(-c2ccncn2)cc1. The van der Waals surface area contributed by atoms with Crippen molar-refractivity contribution in [3.63, 3.8) is 0 Å². The highest BCUT2D eigenvalue weighted by molar-refractivity contribution is 5.58. The Morgan fingerprint density at radius 3 is 2.19 bits per heavy atom. The van der Waals surface area contributed by atoms with Crippen LogP contribution in [0.2, 0.25) is 0 Å². The molecule has 0 unspecified atom stereocenters. The minimum atomic E-state index is 0.975. The van der Waals surface area contributed by atoms with Crippen LogP contribution in [0.5, 0.6) is 0 Å². The molecule has 0 atom stereocenters. The van der Waals surface area contributed by atoms with Gasteiger partial charge in [-0.1, -0.05) is 45.0 Å². The first-order chi connectivity index (χ1) is 7.90. The van der Waals surface area contributed by atoms with E-state index >= 15 is 0 Å². The van der Waals surface area contributed by atoms with Gasteiger partial charge in [-0.3, -0.25) is 0 Å². The van der Waals surface area contributed by atoms with Crippen LogP contribution in [0.25, 0.3) is 11.3 Å². The molecular weight excluding hydrogens is 196 g/mol. The van der Waals surface area contributed by atoms with Gasteiger partial charge in [-0.15, -0.1) is 0 Å². The Bertz CT molecular complexity index is 393. The lowest BCUT2D eigenvalue weighted by molar-refractivity contribution is 1.14. The molecule has 0 aliphatic heterocycles. The number of hydrogen-bond donors (Lipinski definition) is 0. The quantitative estimate of drug-likeness (QED) is 0.761. The van der Waals surface area contributed by atoms with E-state index in [1.165, 1.54) is 5.56 Å². The van der Waals surface area contributed by atoms with E-state index in [1.807, 2.05) is 19.9 Å². The lowest BCUT2D eigenvalue weighted by Crippen LogP contribution is -1.85. The highest BCUT2D eigenvalue weighted by atomic mass is 14.8. The van der Waals surface area contributed by atoms with Crippen LogP contribution in [0.15, 0.2) is 42.9 Å². The van der Waals surface area contributed by atoms with Gasteiger partial charge >= 0.3 is 0 Å². The van der Waals surface area contributed by atoms with Crippen molar-refractivity contribution in [3.05, 3.63) is 48.4 Å². The van der Waals surface area contributed by atoms with Crippen LogP contribution in [0, 0.1) is 0 Å². The predicted octanol–water partition coefficient (Wildman–Crippen LogP) is 3.73. The average Bonchev–Trinajstić information content (AvgIpc) is 2.42. The fourth-order valence-corrected chi connectivity index (χ4v) is 1.37. The fraction of sp³-hybridized carbons (Fsp3) is 0.286. The number of aryl methyl sites for hydroxylation is 1. The van der Waals surface area contributed by atoms with Crippen LogP contribution in [-0.2, 0) is 6.42 Å². The van der Waals surface area contributed by atoms with E-state index in [2.05, 4.69) is 41.2 Å². The lowest BCUT2D eigenvalue weighted by Gasteiger charge is -2.00. The van der Waals surface area contributed by atoms with Crippen molar-refractivity contribution in [1.29, 1.82) is 0 Å². The summed E-state index contributed by atoms with van der Waals surface area (Å²) in [7, 11) is 0. The van der Waals surface area contributed by atoms with Gasteiger partial charge in [0.2, 0.25) is 0 Å². The minimum absolute atomic E-state index is 0.975. The second-order valence-electron chi connectivity index (χ2n) is 3.15. The number of rotatable bonds is 2. The van der Waals surface area contributed by atoms with Gasteiger partial charge in [0.1, 0.15) is 6.33 Å². The van der Waals surface area contributed by atoms with E-state index < -0.39 is 0 Å². The highest BCUT2D eigenvalue weighted by Crippen LogP contribution is 2.16. The van der Waals surface area contributed by atoms with Crippen LogP contribution >= 0.6 is 0 Å². The molecule has 1 aromatic heterocycles. The maximum Gasteiger partial charge on any atom is 0.116 e. The van der Waals surface area contributed by atoms with Crippen molar-refractivity contribution in [2.45, 2.75) is 27.2 Å². The van der Waals surface area contributed by atoms with Crippen LogP contribution < -0.4 is 0 Å². The largest absolute Gasteiger partial charge is 0.245 e. The molecule has 0 radical (unpaired) electrons. The molecule has 2 aromatic rings. The molecule has 0 bridgehead atoms. The fourth-order valence-electron chi connectivity index (χ4n) is 1.37. The number of benzene rings is 1. The Morgan fingerprint density at radius 2 is 1.69 bits per heavy atom. The lowest BCUT2D eigenvalue weighted by atomic mass is 10.1. The van der Waals surface area contributed by atoms with Crippen molar-refractivity contribution in [1.82, 2.24) is 9.97 Å². The first-order valence-electron chi connectivity index (χ1n) is 5.75. The zero-order chi connectivity index (χ0) is 11.8. The Kier molecular flexibility index (Phi) is 5.20. The highest BCUT2D eigenvalue weighted by Gasteiger charge is 1.97. The van der Waals surface area contributed by atoms with Crippen molar-refractivity contribution in [2.24, 2.45) is 0 Å². The van der Waals surface area contributed by atoms with Crippen LogP contribution in [0.4, 0.5) is 0 Å². The molecule has 0 N–H and O–H groups in total. The van der Waals surface area contributed by atoms with E-state index in [0.29, 0.717) is 0 Å². The van der Waals surface area contributed by atoms with Gasteiger partial charge in [0.15, 0.2) is 0 Å². The molecule has 0 aliphatic carbocycles. The third-order valence-corrected chi connectivity index (χ3v) is 2.24. The van der Waals surface area contributed by atoms with E-state index in [-0.39, 0.29) is 0 Å². The molecule has 0 amide bonds. The normalized spacial score (nSPS) is 9.19. The molecule has 0 saturated heterocycles. The van der Waals surface area contributed by atoms with Crippen molar-refractivity contribution in [2.75, 3.05) is 0 Å². The van der Waals surface area contributed by atoms with Crippen molar-refractivity contribution in [3.8, 4) is 11.3 Å². The smallest absolute Gasteiger partial charge is 0.116 e. The molecule has 0 aliphatic rings. The second-order valence-corrected chi connectivity index (χ2v) is 3.15. The molecule has 84 valence electrons. The summed E-state index contributed by atoms with van der Waals surface area (Å²) in [5, 5.41) is 0. The van der Waals surface area contributed by atoms with Crippen LogP contribution in [-0.4, -0.2) is 9.97 Å². The molecule has 0 fully saturated rings. The van der Waals surface area contributed by atoms with Gasteiger partial charge in [-0.25, -0.2) is 9.97 Å². The number of nitrogens with zero attached hydrogens (tertiary/aromatic N) is 2.